The molecule has 0 saturated heterocycles. The Balaban J connectivity index is 1.50. The minimum atomic E-state index is 0.820. The number of aromatic nitrogens is 1. The van der Waals surface area contributed by atoms with Gasteiger partial charge in [0.1, 0.15) is 0 Å². The molecule has 2 heterocycles. The number of nitrogens with one attached hydrogen (secondary N) is 1. The monoisotopic (exact) mass is 322 g/mol. The summed E-state index contributed by atoms with van der Waals surface area (Å²) < 4.78 is 1.17. The molecule has 1 aliphatic heterocycles. The molecule has 0 atom stereocenters. The molecule has 0 saturated carbocycles. The van der Waals surface area contributed by atoms with Gasteiger partial charge in [-0.05, 0) is 48.2 Å². The third-order valence-corrected chi connectivity index (χ3v) is 5.06. The number of aryl methyl sites for hydroxylation is 1. The van der Waals surface area contributed by atoms with Gasteiger partial charge in [-0.25, -0.2) is 4.98 Å². The van der Waals surface area contributed by atoms with Crippen molar-refractivity contribution in [3.8, 4) is 0 Å². The van der Waals surface area contributed by atoms with E-state index in [1.165, 1.54) is 22.4 Å². The first kappa shape index (κ1) is 14.2. The van der Waals surface area contributed by atoms with Crippen molar-refractivity contribution >= 4 is 38.6 Å². The average Bonchev–Trinajstić information content (AvgIpc) is 2.98. The maximum absolute atomic E-state index is 4.51. The Hall–Kier alpha value is -2.40. The fourth-order valence-electron chi connectivity index (χ4n) is 2.97. The number of rotatable bonds is 3. The van der Waals surface area contributed by atoms with Crippen molar-refractivity contribution in [1.82, 2.24) is 4.98 Å². The van der Waals surface area contributed by atoms with Gasteiger partial charge in [0.2, 0.25) is 5.13 Å². The van der Waals surface area contributed by atoms with Crippen molar-refractivity contribution in [3.63, 3.8) is 0 Å². The lowest BCUT2D eigenvalue weighted by Crippen LogP contribution is -2.24. The van der Waals surface area contributed by atoms with Crippen LogP contribution in [0.1, 0.15) is 17.5 Å². The molecule has 1 aromatic heterocycles. The fraction of sp³-hybridized carbons (Fsp3) is 0.222. The molecule has 0 bridgehead atoms. The molecule has 4 rings (SSSR count). The summed E-state index contributed by atoms with van der Waals surface area (Å²) in [5.74, 6) is 0. The van der Waals surface area contributed by atoms with Crippen molar-refractivity contribution < 1.29 is 0 Å². The highest BCUT2D eigenvalue weighted by Gasteiger charge is 2.13. The number of nitrogens with zero attached hydrogens (tertiary/aromatic N) is 3. The maximum Gasteiger partial charge on any atom is 0.204 e. The minimum absolute atomic E-state index is 0.820. The van der Waals surface area contributed by atoms with Crippen LogP contribution in [0.3, 0.4) is 0 Å². The Bertz CT molecular complexity index is 835. The molecule has 0 aliphatic carbocycles. The molecule has 2 aromatic carbocycles. The normalized spacial score (nSPS) is 14.4. The number of thiazole rings is 1. The summed E-state index contributed by atoms with van der Waals surface area (Å²) in [6, 6.07) is 14.6. The van der Waals surface area contributed by atoms with Gasteiger partial charge in [0.15, 0.2) is 0 Å². The van der Waals surface area contributed by atoms with Crippen molar-refractivity contribution in [2.75, 3.05) is 23.9 Å². The Morgan fingerprint density at radius 3 is 3.09 bits per heavy atom. The van der Waals surface area contributed by atoms with Gasteiger partial charge in [-0.15, -0.1) is 0 Å². The van der Waals surface area contributed by atoms with Crippen LogP contribution in [0.2, 0.25) is 0 Å². The Kier molecular flexibility index (Phi) is 3.71. The van der Waals surface area contributed by atoms with E-state index in [9.17, 15) is 0 Å². The van der Waals surface area contributed by atoms with Crippen LogP contribution < -0.4 is 10.3 Å². The molecule has 1 N–H and O–H groups in total. The number of hydrogen-bond donors (Lipinski definition) is 1. The zero-order valence-corrected chi connectivity index (χ0v) is 13.8. The van der Waals surface area contributed by atoms with Crippen molar-refractivity contribution in [2.45, 2.75) is 12.8 Å². The van der Waals surface area contributed by atoms with Gasteiger partial charge in [0.25, 0.3) is 0 Å². The molecule has 23 heavy (non-hydrogen) atoms. The number of hydrogen-bond acceptors (Lipinski definition) is 5. The van der Waals surface area contributed by atoms with Gasteiger partial charge >= 0.3 is 0 Å². The molecule has 3 aromatic rings. The van der Waals surface area contributed by atoms with Gasteiger partial charge in [-0.3, -0.25) is 5.43 Å². The van der Waals surface area contributed by atoms with E-state index in [-0.39, 0.29) is 0 Å². The molecule has 0 spiro atoms. The van der Waals surface area contributed by atoms with Crippen LogP contribution >= 0.6 is 11.3 Å². The lowest BCUT2D eigenvalue weighted by atomic mass is 10.00. The van der Waals surface area contributed by atoms with Crippen molar-refractivity contribution in [1.29, 1.82) is 0 Å². The zero-order valence-electron chi connectivity index (χ0n) is 13.0. The Morgan fingerprint density at radius 2 is 2.17 bits per heavy atom. The predicted octanol–water partition coefficient (Wildman–Crippen LogP) is 4.12. The molecule has 0 fully saturated rings. The second-order valence-corrected chi connectivity index (χ2v) is 6.80. The average molecular weight is 322 g/mol. The quantitative estimate of drug-likeness (QED) is 0.582. The summed E-state index contributed by atoms with van der Waals surface area (Å²) in [5.41, 5.74) is 7.91. The molecule has 0 radical (unpaired) electrons. The number of benzene rings is 2. The molecule has 4 nitrogen and oxygen atoms in total. The molecular weight excluding hydrogens is 304 g/mol. The number of anilines is 2. The van der Waals surface area contributed by atoms with Crippen molar-refractivity contribution in [3.05, 3.63) is 53.6 Å². The summed E-state index contributed by atoms with van der Waals surface area (Å²) >= 11 is 1.61. The molecule has 0 unspecified atom stereocenters. The van der Waals surface area contributed by atoms with E-state index >= 15 is 0 Å². The Labute approximate surface area is 139 Å². The topological polar surface area (TPSA) is 40.5 Å². The first-order chi connectivity index (χ1) is 11.3. The van der Waals surface area contributed by atoms with Gasteiger partial charge in [-0.1, -0.05) is 29.5 Å². The molecule has 5 heteroatoms. The third kappa shape index (κ3) is 2.92. The first-order valence-electron chi connectivity index (χ1n) is 7.78. The highest BCUT2D eigenvalue weighted by atomic mass is 32.1. The van der Waals surface area contributed by atoms with Gasteiger partial charge in [0.05, 0.1) is 16.4 Å². The van der Waals surface area contributed by atoms with Crippen molar-refractivity contribution in [2.24, 2.45) is 5.10 Å². The predicted molar refractivity (Wildman–Crippen MR) is 98.9 cm³/mol. The largest absolute Gasteiger partial charge is 0.374 e. The minimum Gasteiger partial charge on any atom is -0.374 e. The van der Waals surface area contributed by atoms with Crippen LogP contribution in [0.15, 0.2) is 47.6 Å². The van der Waals surface area contributed by atoms with Crippen LogP contribution in [0.25, 0.3) is 10.2 Å². The number of fused-ring (bicyclic) bond motifs is 2. The van der Waals surface area contributed by atoms with E-state index in [4.69, 9.17) is 0 Å². The van der Waals surface area contributed by atoms with Gasteiger partial charge in [-0.2, -0.15) is 5.10 Å². The lowest BCUT2D eigenvalue weighted by molar-refractivity contribution is 0.744. The van der Waals surface area contributed by atoms with E-state index in [0.29, 0.717) is 0 Å². The maximum atomic E-state index is 4.51. The fourth-order valence-corrected chi connectivity index (χ4v) is 3.78. The van der Waals surface area contributed by atoms with E-state index in [1.807, 2.05) is 24.4 Å². The van der Waals surface area contributed by atoms with E-state index in [2.05, 4.69) is 51.7 Å². The molecule has 1 aliphatic rings. The third-order valence-electron chi connectivity index (χ3n) is 4.12. The summed E-state index contributed by atoms with van der Waals surface area (Å²) in [4.78, 5) is 6.83. The summed E-state index contributed by atoms with van der Waals surface area (Å²) in [6.07, 6.45) is 4.22. The van der Waals surface area contributed by atoms with Crippen LogP contribution in [-0.2, 0) is 6.42 Å². The van der Waals surface area contributed by atoms with E-state index in [0.717, 1.165) is 29.2 Å². The van der Waals surface area contributed by atoms with E-state index < -0.39 is 0 Å². The van der Waals surface area contributed by atoms with Crippen LogP contribution in [0, 0.1) is 0 Å². The smallest absolute Gasteiger partial charge is 0.204 e. The number of hydrazone groups is 1. The second kappa shape index (κ2) is 6.01. The molecular formula is C18H18N4S. The summed E-state index contributed by atoms with van der Waals surface area (Å²) in [5, 5.41) is 5.15. The van der Waals surface area contributed by atoms with E-state index in [1.54, 1.807) is 11.3 Å². The van der Waals surface area contributed by atoms with Gasteiger partial charge < -0.3 is 4.90 Å². The SMILES string of the molecule is CN1CCCc2cc(/C=N/Nc3nc4ccccc4s3)ccc21. The van der Waals surface area contributed by atoms with Crippen LogP contribution in [0.5, 0.6) is 0 Å². The highest BCUT2D eigenvalue weighted by Crippen LogP contribution is 2.27. The highest BCUT2D eigenvalue weighted by molar-refractivity contribution is 7.22. The van der Waals surface area contributed by atoms with Crippen LogP contribution in [-0.4, -0.2) is 24.8 Å². The standard InChI is InChI=1S/C18H18N4S/c1-22-10-4-5-14-11-13(8-9-16(14)22)12-19-21-18-20-15-6-2-3-7-17(15)23-18/h2-3,6-9,11-12H,4-5,10H2,1H3,(H,20,21)/b19-12+. The number of para-hydroxylation sites is 1. The molecule has 116 valence electrons. The summed E-state index contributed by atoms with van der Waals surface area (Å²) in [6.45, 7) is 1.14. The van der Waals surface area contributed by atoms with Crippen LogP contribution in [0.4, 0.5) is 10.8 Å². The Morgan fingerprint density at radius 1 is 1.26 bits per heavy atom. The van der Waals surface area contributed by atoms with Gasteiger partial charge in [0, 0.05) is 19.3 Å². The first-order valence-corrected chi connectivity index (χ1v) is 8.60. The second-order valence-electron chi connectivity index (χ2n) is 5.77. The molecule has 0 amide bonds. The zero-order chi connectivity index (χ0) is 15.6. The summed E-state index contributed by atoms with van der Waals surface area (Å²) in [7, 11) is 2.15. The lowest BCUT2D eigenvalue weighted by Gasteiger charge is -2.27.